The summed E-state index contributed by atoms with van der Waals surface area (Å²) < 4.78 is 0. The smallest absolute Gasteiger partial charge is 0.234 e. The Morgan fingerprint density at radius 3 is 2.36 bits per heavy atom. The first-order chi connectivity index (χ1) is 18.5. The fraction of sp³-hybridized carbons (Fsp3) is 0.971. The van der Waals surface area contributed by atoms with E-state index in [1.54, 1.807) is 0 Å². The third-order valence-electron chi connectivity index (χ3n) is 12.5. The van der Waals surface area contributed by atoms with E-state index in [2.05, 4.69) is 59.1 Å². The zero-order chi connectivity index (χ0) is 28.2. The van der Waals surface area contributed by atoms with Crippen molar-refractivity contribution in [3.63, 3.8) is 0 Å². The first kappa shape index (κ1) is 31.7. The van der Waals surface area contributed by atoms with Gasteiger partial charge in [0.25, 0.3) is 0 Å². The summed E-state index contributed by atoms with van der Waals surface area (Å²) >= 11 is 2.01. The van der Waals surface area contributed by atoms with E-state index in [1.165, 1.54) is 82.8 Å². The maximum Gasteiger partial charge on any atom is 0.234 e. The van der Waals surface area contributed by atoms with Gasteiger partial charge in [-0.25, -0.2) is 0 Å². The van der Waals surface area contributed by atoms with Crippen LogP contribution in [0.2, 0.25) is 0 Å². The predicted molar refractivity (Wildman–Crippen MR) is 170 cm³/mol. The fourth-order valence-corrected chi connectivity index (χ4v) is 11.2. The van der Waals surface area contributed by atoms with Gasteiger partial charge >= 0.3 is 0 Å². The highest BCUT2D eigenvalue weighted by Gasteiger charge is 2.60. The molecule has 4 saturated carbocycles. The van der Waals surface area contributed by atoms with Crippen LogP contribution in [0.25, 0.3) is 0 Å². The zero-order valence-electron chi connectivity index (χ0n) is 26.8. The molecule has 4 aliphatic carbocycles. The van der Waals surface area contributed by atoms with Crippen molar-refractivity contribution in [1.82, 2.24) is 10.6 Å². The lowest BCUT2D eigenvalue weighted by Gasteiger charge is -2.61. The number of amides is 1. The van der Waals surface area contributed by atoms with E-state index in [4.69, 9.17) is 0 Å². The molecule has 0 bridgehead atoms. The van der Waals surface area contributed by atoms with Crippen LogP contribution in [0.5, 0.6) is 0 Å². The van der Waals surface area contributed by atoms with E-state index in [-0.39, 0.29) is 5.91 Å². The van der Waals surface area contributed by atoms with Gasteiger partial charge in [-0.15, -0.1) is 0 Å². The summed E-state index contributed by atoms with van der Waals surface area (Å²) in [6.45, 7) is 18.7. The van der Waals surface area contributed by atoms with Gasteiger partial charge in [0.1, 0.15) is 0 Å². The van der Waals surface area contributed by atoms with Crippen molar-refractivity contribution >= 4 is 17.7 Å². The minimum atomic E-state index is 0.210. The van der Waals surface area contributed by atoms with Gasteiger partial charge in [0.05, 0.1) is 6.54 Å². The number of thioether (sulfide) groups is 1. The standard InChI is InChI=1S/C35H64N2OS/c1-24(2)10-8-11-26(5)30-14-15-31-29-13-12-27-22-28(37-33(38)23-36-20-9-21-39-25(3)4)16-18-34(27,6)32(29)17-19-35(30,31)7/h24-32,36H,8-23H2,1-7H3,(H,37,38)/t26-,27-,28+,29+,30-,31+,32+,34+,35-/m1/s1. The van der Waals surface area contributed by atoms with Crippen LogP contribution in [-0.4, -0.2) is 36.0 Å². The lowest BCUT2D eigenvalue weighted by molar-refractivity contribution is -0.127. The summed E-state index contributed by atoms with van der Waals surface area (Å²) in [5.41, 5.74) is 1.09. The molecule has 226 valence electrons. The van der Waals surface area contributed by atoms with E-state index in [0.717, 1.165) is 54.4 Å². The minimum absolute atomic E-state index is 0.210. The van der Waals surface area contributed by atoms with Crippen LogP contribution < -0.4 is 10.6 Å². The number of hydrogen-bond donors (Lipinski definition) is 2. The molecular formula is C35H64N2OS. The molecule has 0 heterocycles. The van der Waals surface area contributed by atoms with Gasteiger partial charge in [-0.05, 0) is 134 Å². The van der Waals surface area contributed by atoms with Crippen LogP contribution in [0.15, 0.2) is 0 Å². The molecule has 0 aliphatic heterocycles. The molecule has 1 amide bonds. The Balaban J connectivity index is 1.26. The summed E-state index contributed by atoms with van der Waals surface area (Å²) in [5, 5.41) is 7.50. The highest BCUT2D eigenvalue weighted by molar-refractivity contribution is 7.99. The zero-order valence-corrected chi connectivity index (χ0v) is 27.6. The molecule has 0 aromatic carbocycles. The van der Waals surface area contributed by atoms with E-state index in [1.807, 2.05) is 11.8 Å². The third kappa shape index (κ3) is 7.41. The summed E-state index contributed by atoms with van der Waals surface area (Å²) in [5.74, 6) is 7.73. The van der Waals surface area contributed by atoms with Crippen LogP contribution in [0.1, 0.15) is 132 Å². The molecule has 4 aliphatic rings. The molecule has 4 heteroatoms. The molecule has 4 fully saturated rings. The number of hydrogen-bond acceptors (Lipinski definition) is 3. The summed E-state index contributed by atoms with van der Waals surface area (Å²) in [6.07, 6.45) is 17.9. The van der Waals surface area contributed by atoms with E-state index in [0.29, 0.717) is 28.7 Å². The average Bonchev–Trinajstić information content (AvgIpc) is 3.23. The molecule has 39 heavy (non-hydrogen) atoms. The Kier molecular flexibility index (Phi) is 11.2. The first-order valence-electron chi connectivity index (χ1n) is 17.2. The fourth-order valence-electron chi connectivity index (χ4n) is 10.4. The predicted octanol–water partition coefficient (Wildman–Crippen LogP) is 8.71. The number of carbonyl (C=O) groups is 1. The average molecular weight is 561 g/mol. The van der Waals surface area contributed by atoms with Gasteiger partial charge in [0, 0.05) is 6.04 Å². The number of nitrogens with one attached hydrogen (secondary N) is 2. The molecule has 3 nitrogen and oxygen atoms in total. The lowest BCUT2D eigenvalue weighted by Crippen LogP contribution is -2.56. The van der Waals surface area contributed by atoms with Crippen molar-refractivity contribution in [2.75, 3.05) is 18.8 Å². The Labute approximate surface area is 247 Å². The Morgan fingerprint density at radius 1 is 0.872 bits per heavy atom. The van der Waals surface area contributed by atoms with Crippen molar-refractivity contribution in [2.24, 2.45) is 52.3 Å². The quantitative estimate of drug-likeness (QED) is 0.221. The Hall–Kier alpha value is -0.220. The van der Waals surface area contributed by atoms with Gasteiger partial charge in [-0.1, -0.05) is 67.7 Å². The molecule has 2 N–H and O–H groups in total. The van der Waals surface area contributed by atoms with Gasteiger partial charge in [-0.3, -0.25) is 4.79 Å². The molecule has 0 spiro atoms. The van der Waals surface area contributed by atoms with Crippen LogP contribution in [0, 0.1) is 52.3 Å². The van der Waals surface area contributed by atoms with Crippen LogP contribution in [0.4, 0.5) is 0 Å². The van der Waals surface area contributed by atoms with Crippen LogP contribution in [0.3, 0.4) is 0 Å². The summed E-state index contributed by atoms with van der Waals surface area (Å²) in [7, 11) is 0. The normalized spacial score (nSPS) is 38.8. The van der Waals surface area contributed by atoms with E-state index in [9.17, 15) is 4.79 Å². The third-order valence-corrected chi connectivity index (χ3v) is 13.7. The molecule has 0 aromatic rings. The molecule has 0 aromatic heterocycles. The van der Waals surface area contributed by atoms with Gasteiger partial charge in [0.2, 0.25) is 5.91 Å². The summed E-state index contributed by atoms with van der Waals surface area (Å²) in [6, 6.07) is 0.391. The molecule has 0 radical (unpaired) electrons. The van der Waals surface area contributed by atoms with E-state index < -0.39 is 0 Å². The molecule has 0 unspecified atom stereocenters. The van der Waals surface area contributed by atoms with Crippen molar-refractivity contribution < 1.29 is 4.79 Å². The second-order valence-electron chi connectivity index (χ2n) is 15.7. The molecule has 4 rings (SSSR count). The van der Waals surface area contributed by atoms with Gasteiger partial charge in [0.15, 0.2) is 0 Å². The summed E-state index contributed by atoms with van der Waals surface area (Å²) in [4.78, 5) is 12.7. The SMILES string of the molecule is CC(C)CCC[C@@H](C)[C@H]1CC[C@H]2[C@@H]3CC[C@@H]4C[C@@H](NC(=O)CNCCCSC(C)C)CC[C@]4(C)[C@H]3CC[C@]12C. The van der Waals surface area contributed by atoms with Crippen LogP contribution >= 0.6 is 11.8 Å². The maximum absolute atomic E-state index is 12.7. The van der Waals surface area contributed by atoms with Gasteiger partial charge in [-0.2, -0.15) is 11.8 Å². The highest BCUT2D eigenvalue weighted by atomic mass is 32.2. The Bertz CT molecular complexity index is 785. The number of fused-ring (bicyclic) bond motifs is 5. The van der Waals surface area contributed by atoms with Crippen molar-refractivity contribution in [2.45, 2.75) is 143 Å². The molecule has 0 saturated heterocycles. The van der Waals surface area contributed by atoms with Crippen molar-refractivity contribution in [3.05, 3.63) is 0 Å². The number of carbonyl (C=O) groups excluding carboxylic acids is 1. The second kappa shape index (κ2) is 13.8. The first-order valence-corrected chi connectivity index (χ1v) is 18.2. The topological polar surface area (TPSA) is 41.1 Å². The Morgan fingerprint density at radius 2 is 1.62 bits per heavy atom. The molecule has 9 atom stereocenters. The van der Waals surface area contributed by atoms with E-state index >= 15 is 0 Å². The van der Waals surface area contributed by atoms with Gasteiger partial charge < -0.3 is 10.6 Å². The highest BCUT2D eigenvalue weighted by Crippen LogP contribution is 2.68. The van der Waals surface area contributed by atoms with Crippen molar-refractivity contribution in [3.8, 4) is 0 Å². The second-order valence-corrected chi connectivity index (χ2v) is 17.4. The molecular weight excluding hydrogens is 496 g/mol. The monoisotopic (exact) mass is 560 g/mol. The lowest BCUT2D eigenvalue weighted by atomic mass is 9.44. The van der Waals surface area contributed by atoms with Crippen LogP contribution in [-0.2, 0) is 4.79 Å². The minimum Gasteiger partial charge on any atom is -0.352 e. The largest absolute Gasteiger partial charge is 0.352 e. The number of rotatable bonds is 13. The maximum atomic E-state index is 12.7. The van der Waals surface area contributed by atoms with Crippen molar-refractivity contribution in [1.29, 1.82) is 0 Å².